The second-order valence-electron chi connectivity index (χ2n) is 5.04. The van der Waals surface area contributed by atoms with Crippen molar-refractivity contribution >= 4 is 0 Å². The van der Waals surface area contributed by atoms with Crippen molar-refractivity contribution < 1.29 is 4.39 Å². The molecule has 0 radical (unpaired) electrons. The molecule has 0 spiro atoms. The predicted molar refractivity (Wildman–Crippen MR) is 77.5 cm³/mol. The van der Waals surface area contributed by atoms with E-state index in [0.717, 1.165) is 0 Å². The molecule has 0 saturated carbocycles. The first-order chi connectivity index (χ1) is 9.08. The van der Waals surface area contributed by atoms with Crippen molar-refractivity contribution in [2.75, 3.05) is 0 Å². The zero-order valence-corrected chi connectivity index (χ0v) is 11.7. The van der Waals surface area contributed by atoms with Crippen LogP contribution in [-0.4, -0.2) is 0 Å². The van der Waals surface area contributed by atoms with Gasteiger partial charge in [-0.1, -0.05) is 48.0 Å². The summed E-state index contributed by atoms with van der Waals surface area (Å²) >= 11 is 0. The van der Waals surface area contributed by atoms with Crippen molar-refractivity contribution in [2.24, 2.45) is 0 Å². The van der Waals surface area contributed by atoms with Crippen LogP contribution in [0.1, 0.15) is 42.6 Å². The van der Waals surface area contributed by atoms with Gasteiger partial charge in [0.25, 0.3) is 0 Å². The number of hydrogen-bond donors (Lipinski definition) is 1. The molecule has 0 aliphatic heterocycles. The Morgan fingerprint density at radius 1 is 0.895 bits per heavy atom. The minimum Gasteiger partial charge on any atom is -0.304 e. The molecule has 0 fully saturated rings. The van der Waals surface area contributed by atoms with Crippen LogP contribution in [0.2, 0.25) is 0 Å². The quantitative estimate of drug-likeness (QED) is 0.847. The molecule has 2 rings (SSSR count). The summed E-state index contributed by atoms with van der Waals surface area (Å²) in [5, 5.41) is 3.43. The standard InChI is InChI=1S/C17H20FN/c1-12-8-10-15(11-9-12)13(2)19-14(3)16-6-4-5-7-17(16)18/h4-11,13-14,19H,1-3H3/t13-,14?/m0/s1. The largest absolute Gasteiger partial charge is 0.304 e. The highest BCUT2D eigenvalue weighted by Crippen LogP contribution is 2.21. The molecule has 2 aromatic rings. The molecule has 100 valence electrons. The Morgan fingerprint density at radius 3 is 2.16 bits per heavy atom. The number of rotatable bonds is 4. The Labute approximate surface area is 114 Å². The fourth-order valence-corrected chi connectivity index (χ4v) is 2.24. The van der Waals surface area contributed by atoms with Crippen LogP contribution in [0.4, 0.5) is 4.39 Å². The lowest BCUT2D eigenvalue weighted by atomic mass is 10.0. The van der Waals surface area contributed by atoms with Crippen LogP contribution in [0.5, 0.6) is 0 Å². The van der Waals surface area contributed by atoms with Crippen molar-refractivity contribution in [3.8, 4) is 0 Å². The van der Waals surface area contributed by atoms with Crippen LogP contribution >= 0.6 is 0 Å². The lowest BCUT2D eigenvalue weighted by Crippen LogP contribution is -2.23. The van der Waals surface area contributed by atoms with Crippen molar-refractivity contribution in [2.45, 2.75) is 32.9 Å². The Morgan fingerprint density at radius 2 is 1.53 bits per heavy atom. The summed E-state index contributed by atoms with van der Waals surface area (Å²) in [7, 11) is 0. The van der Waals surface area contributed by atoms with E-state index in [9.17, 15) is 4.39 Å². The van der Waals surface area contributed by atoms with Crippen LogP contribution in [0.25, 0.3) is 0 Å². The second-order valence-corrected chi connectivity index (χ2v) is 5.04. The maximum atomic E-state index is 13.7. The van der Waals surface area contributed by atoms with Crippen molar-refractivity contribution in [1.29, 1.82) is 0 Å². The highest BCUT2D eigenvalue weighted by Gasteiger charge is 2.13. The fraction of sp³-hybridized carbons (Fsp3) is 0.294. The van der Waals surface area contributed by atoms with Crippen LogP contribution in [0.15, 0.2) is 48.5 Å². The monoisotopic (exact) mass is 257 g/mol. The molecule has 1 nitrogen and oxygen atoms in total. The van der Waals surface area contributed by atoms with Crippen LogP contribution in [0, 0.1) is 12.7 Å². The SMILES string of the molecule is Cc1ccc([C@H](C)NC(C)c2ccccc2F)cc1. The molecule has 0 amide bonds. The first-order valence-corrected chi connectivity index (χ1v) is 6.65. The third-order valence-corrected chi connectivity index (χ3v) is 3.45. The van der Waals surface area contributed by atoms with Gasteiger partial charge in [0.2, 0.25) is 0 Å². The number of benzene rings is 2. The fourth-order valence-electron chi connectivity index (χ4n) is 2.24. The van der Waals surface area contributed by atoms with Crippen LogP contribution < -0.4 is 5.32 Å². The summed E-state index contributed by atoms with van der Waals surface area (Å²) in [6, 6.07) is 15.5. The summed E-state index contributed by atoms with van der Waals surface area (Å²) in [4.78, 5) is 0. The third kappa shape index (κ3) is 3.42. The average Bonchev–Trinajstić information content (AvgIpc) is 2.39. The summed E-state index contributed by atoms with van der Waals surface area (Å²) in [5.74, 6) is -0.154. The first kappa shape index (κ1) is 13.8. The topological polar surface area (TPSA) is 12.0 Å². The number of nitrogens with one attached hydrogen (secondary N) is 1. The van der Waals surface area contributed by atoms with Gasteiger partial charge >= 0.3 is 0 Å². The highest BCUT2D eigenvalue weighted by atomic mass is 19.1. The minimum atomic E-state index is -0.154. The van der Waals surface area contributed by atoms with Crippen molar-refractivity contribution in [1.82, 2.24) is 5.32 Å². The van der Waals surface area contributed by atoms with Crippen LogP contribution in [-0.2, 0) is 0 Å². The van der Waals surface area contributed by atoms with E-state index < -0.39 is 0 Å². The zero-order valence-electron chi connectivity index (χ0n) is 11.7. The van der Waals surface area contributed by atoms with Gasteiger partial charge in [0.1, 0.15) is 5.82 Å². The second kappa shape index (κ2) is 5.98. The smallest absolute Gasteiger partial charge is 0.127 e. The molecule has 1 unspecified atom stereocenters. The van der Waals surface area contributed by atoms with E-state index in [1.807, 2.05) is 19.1 Å². The molecule has 0 bridgehead atoms. The van der Waals surface area contributed by atoms with Crippen LogP contribution in [0.3, 0.4) is 0 Å². The molecule has 0 aromatic heterocycles. The van der Waals surface area contributed by atoms with Crippen molar-refractivity contribution in [3.63, 3.8) is 0 Å². The Hall–Kier alpha value is -1.67. The van der Waals surface area contributed by atoms with Crippen molar-refractivity contribution in [3.05, 3.63) is 71.0 Å². The van der Waals surface area contributed by atoms with Gasteiger partial charge in [-0.25, -0.2) is 4.39 Å². The minimum absolute atomic E-state index is 0.0162. The average molecular weight is 257 g/mol. The van der Waals surface area contributed by atoms with E-state index in [2.05, 4.69) is 43.4 Å². The van der Waals surface area contributed by atoms with E-state index >= 15 is 0 Å². The molecule has 0 saturated heterocycles. The molecule has 1 N–H and O–H groups in total. The van der Waals surface area contributed by atoms with Gasteiger partial charge in [0, 0.05) is 17.6 Å². The Bertz CT molecular complexity index is 533. The molecule has 2 atom stereocenters. The molecule has 0 aliphatic rings. The Balaban J connectivity index is 2.08. The number of hydrogen-bond acceptors (Lipinski definition) is 1. The zero-order chi connectivity index (χ0) is 13.8. The molecule has 19 heavy (non-hydrogen) atoms. The molecular formula is C17H20FN. The molecular weight excluding hydrogens is 237 g/mol. The summed E-state index contributed by atoms with van der Waals surface area (Å²) in [5.41, 5.74) is 3.17. The molecule has 0 heterocycles. The van der Waals surface area contributed by atoms with E-state index in [1.165, 1.54) is 17.2 Å². The number of halogens is 1. The predicted octanol–water partition coefficient (Wildman–Crippen LogP) is 4.55. The Kier molecular flexibility index (Phi) is 4.33. The van der Waals surface area contributed by atoms with Gasteiger partial charge in [-0.2, -0.15) is 0 Å². The van der Waals surface area contributed by atoms with E-state index in [1.54, 1.807) is 6.07 Å². The molecule has 2 heteroatoms. The first-order valence-electron chi connectivity index (χ1n) is 6.65. The summed E-state index contributed by atoms with van der Waals surface area (Å²) in [6.07, 6.45) is 0. The highest BCUT2D eigenvalue weighted by molar-refractivity contribution is 5.25. The van der Waals surface area contributed by atoms with E-state index in [-0.39, 0.29) is 17.9 Å². The normalized spacial score (nSPS) is 14.1. The maximum absolute atomic E-state index is 13.7. The molecule has 0 aliphatic carbocycles. The van der Waals surface area contributed by atoms with E-state index in [4.69, 9.17) is 0 Å². The van der Waals surface area contributed by atoms with Gasteiger partial charge in [-0.15, -0.1) is 0 Å². The lowest BCUT2D eigenvalue weighted by molar-refractivity contribution is 0.474. The third-order valence-electron chi connectivity index (χ3n) is 3.45. The summed E-state index contributed by atoms with van der Waals surface area (Å²) in [6.45, 7) is 6.16. The number of aryl methyl sites for hydroxylation is 1. The molecule has 2 aromatic carbocycles. The lowest BCUT2D eigenvalue weighted by Gasteiger charge is -2.21. The summed E-state index contributed by atoms with van der Waals surface area (Å²) < 4.78 is 13.7. The van der Waals surface area contributed by atoms with Gasteiger partial charge in [0.15, 0.2) is 0 Å². The maximum Gasteiger partial charge on any atom is 0.127 e. The van der Waals surface area contributed by atoms with Gasteiger partial charge in [-0.05, 0) is 32.4 Å². The van der Waals surface area contributed by atoms with Gasteiger partial charge < -0.3 is 5.32 Å². The van der Waals surface area contributed by atoms with E-state index in [0.29, 0.717) is 5.56 Å². The van der Waals surface area contributed by atoms with Gasteiger partial charge in [0.05, 0.1) is 0 Å². The van der Waals surface area contributed by atoms with Gasteiger partial charge in [-0.3, -0.25) is 0 Å².